The summed E-state index contributed by atoms with van der Waals surface area (Å²) in [5.74, 6) is -0.0317. The van der Waals surface area contributed by atoms with Gasteiger partial charge in [0.15, 0.2) is 0 Å². The minimum atomic E-state index is -0.530. The quantitative estimate of drug-likeness (QED) is 0.459. The van der Waals surface area contributed by atoms with Crippen molar-refractivity contribution in [2.75, 3.05) is 30.9 Å². The molecule has 0 fully saturated rings. The predicted octanol–water partition coefficient (Wildman–Crippen LogP) is 2.61. The van der Waals surface area contributed by atoms with E-state index in [2.05, 4.69) is 15.6 Å². The fourth-order valence-corrected chi connectivity index (χ4v) is 2.06. The molecule has 8 nitrogen and oxygen atoms in total. The summed E-state index contributed by atoms with van der Waals surface area (Å²) in [7, 11) is 1.54. The Morgan fingerprint density at radius 3 is 2.83 bits per heavy atom. The van der Waals surface area contributed by atoms with Crippen molar-refractivity contribution in [3.63, 3.8) is 0 Å². The van der Waals surface area contributed by atoms with Crippen molar-refractivity contribution in [1.29, 1.82) is 0 Å². The van der Waals surface area contributed by atoms with Gasteiger partial charge >= 0.3 is 0 Å². The van der Waals surface area contributed by atoms with Gasteiger partial charge in [-0.3, -0.25) is 14.9 Å². The van der Waals surface area contributed by atoms with Crippen LogP contribution in [0.4, 0.5) is 17.2 Å². The Kier molecular flexibility index (Phi) is 5.80. The Bertz CT molecular complexity index is 749. The lowest BCUT2D eigenvalue weighted by Crippen LogP contribution is -2.15. The SMILES string of the molecule is COCCNc1ccc(C(=O)Nc2ncccc2C)cc1[N+](=O)[O-]. The molecule has 0 saturated carbocycles. The molecule has 0 aliphatic rings. The number of nitro groups is 1. The molecular weight excluding hydrogens is 312 g/mol. The van der Waals surface area contributed by atoms with Crippen LogP contribution in [0.15, 0.2) is 36.5 Å². The second kappa shape index (κ2) is 8.02. The highest BCUT2D eigenvalue weighted by Gasteiger charge is 2.18. The molecular formula is C16H18N4O4. The maximum atomic E-state index is 12.3. The van der Waals surface area contributed by atoms with E-state index in [0.29, 0.717) is 24.7 Å². The van der Waals surface area contributed by atoms with Crippen LogP contribution in [0.25, 0.3) is 0 Å². The highest BCUT2D eigenvalue weighted by Crippen LogP contribution is 2.26. The van der Waals surface area contributed by atoms with Gasteiger partial charge in [-0.2, -0.15) is 0 Å². The fourth-order valence-electron chi connectivity index (χ4n) is 2.06. The average molecular weight is 330 g/mol. The molecule has 0 unspecified atom stereocenters. The van der Waals surface area contributed by atoms with Crippen molar-refractivity contribution in [3.05, 3.63) is 57.8 Å². The topological polar surface area (TPSA) is 106 Å². The normalized spacial score (nSPS) is 10.2. The number of nitrogens with zero attached hydrogens (tertiary/aromatic N) is 2. The molecule has 2 rings (SSSR count). The standard InChI is InChI=1S/C16H18N4O4/c1-11-4-3-7-18-15(11)19-16(21)12-5-6-13(17-8-9-24-2)14(10-12)20(22)23/h3-7,10,17H,8-9H2,1-2H3,(H,18,19,21). The van der Waals surface area contributed by atoms with E-state index in [1.54, 1.807) is 19.4 Å². The maximum absolute atomic E-state index is 12.3. The van der Waals surface area contributed by atoms with Crippen LogP contribution in [0.5, 0.6) is 0 Å². The van der Waals surface area contributed by atoms with Crippen LogP contribution in [0.3, 0.4) is 0 Å². The Balaban J connectivity index is 2.21. The number of nitrogens with one attached hydrogen (secondary N) is 2. The van der Waals surface area contributed by atoms with Gasteiger partial charge in [-0.05, 0) is 30.7 Å². The van der Waals surface area contributed by atoms with E-state index in [4.69, 9.17) is 4.74 Å². The number of pyridine rings is 1. The van der Waals surface area contributed by atoms with Crippen LogP contribution in [0, 0.1) is 17.0 Å². The first kappa shape index (κ1) is 17.4. The van der Waals surface area contributed by atoms with E-state index in [1.165, 1.54) is 18.2 Å². The highest BCUT2D eigenvalue weighted by molar-refractivity contribution is 6.04. The molecule has 0 aliphatic heterocycles. The van der Waals surface area contributed by atoms with Gasteiger partial charge in [0.25, 0.3) is 11.6 Å². The van der Waals surface area contributed by atoms with Crippen LogP contribution >= 0.6 is 0 Å². The average Bonchev–Trinajstić information content (AvgIpc) is 2.57. The summed E-state index contributed by atoms with van der Waals surface area (Å²) in [6.07, 6.45) is 1.56. The summed E-state index contributed by atoms with van der Waals surface area (Å²) in [6.45, 7) is 2.66. The highest BCUT2D eigenvalue weighted by atomic mass is 16.6. The van der Waals surface area contributed by atoms with Crippen LogP contribution in [0.1, 0.15) is 15.9 Å². The van der Waals surface area contributed by atoms with Crippen molar-refractivity contribution >= 4 is 23.1 Å². The number of aryl methyl sites for hydroxylation is 1. The summed E-state index contributed by atoms with van der Waals surface area (Å²) < 4.78 is 4.90. The monoisotopic (exact) mass is 330 g/mol. The molecule has 126 valence electrons. The summed E-state index contributed by atoms with van der Waals surface area (Å²) in [5, 5.41) is 16.8. The molecule has 8 heteroatoms. The molecule has 1 heterocycles. The zero-order chi connectivity index (χ0) is 17.5. The number of amides is 1. The van der Waals surface area contributed by atoms with E-state index in [0.717, 1.165) is 5.56 Å². The number of nitro benzene ring substituents is 1. The smallest absolute Gasteiger partial charge is 0.293 e. The number of aromatic nitrogens is 1. The molecule has 0 bridgehead atoms. The number of carbonyl (C=O) groups excluding carboxylic acids is 1. The van der Waals surface area contributed by atoms with Crippen LogP contribution in [0.2, 0.25) is 0 Å². The molecule has 2 N–H and O–H groups in total. The summed E-state index contributed by atoms with van der Waals surface area (Å²) >= 11 is 0. The van der Waals surface area contributed by atoms with Crippen molar-refractivity contribution in [2.45, 2.75) is 6.92 Å². The largest absolute Gasteiger partial charge is 0.383 e. The molecule has 24 heavy (non-hydrogen) atoms. The molecule has 1 amide bonds. The third-order valence-electron chi connectivity index (χ3n) is 3.32. The van der Waals surface area contributed by atoms with E-state index in [9.17, 15) is 14.9 Å². The number of carbonyl (C=O) groups is 1. The predicted molar refractivity (Wildman–Crippen MR) is 90.4 cm³/mol. The number of hydrogen-bond acceptors (Lipinski definition) is 6. The van der Waals surface area contributed by atoms with E-state index in [1.807, 2.05) is 13.0 Å². The zero-order valence-corrected chi connectivity index (χ0v) is 13.4. The number of ether oxygens (including phenoxy) is 1. The molecule has 0 aliphatic carbocycles. The Morgan fingerprint density at radius 1 is 1.38 bits per heavy atom. The molecule has 0 spiro atoms. The summed E-state index contributed by atoms with van der Waals surface area (Å²) in [6, 6.07) is 7.84. The van der Waals surface area contributed by atoms with Gasteiger partial charge in [-0.15, -0.1) is 0 Å². The zero-order valence-electron chi connectivity index (χ0n) is 13.4. The van der Waals surface area contributed by atoms with Gasteiger partial charge < -0.3 is 15.4 Å². The first-order chi connectivity index (χ1) is 11.5. The van der Waals surface area contributed by atoms with Crippen LogP contribution in [-0.4, -0.2) is 36.1 Å². The fraction of sp³-hybridized carbons (Fsp3) is 0.250. The molecule has 1 aromatic heterocycles. The minimum Gasteiger partial charge on any atom is -0.383 e. The maximum Gasteiger partial charge on any atom is 0.293 e. The molecule has 2 aromatic rings. The summed E-state index contributed by atoms with van der Waals surface area (Å²) in [4.78, 5) is 27.1. The Labute approximate surface area is 139 Å². The van der Waals surface area contributed by atoms with Gasteiger partial charge in [-0.1, -0.05) is 6.07 Å². The molecule has 0 atom stereocenters. The van der Waals surface area contributed by atoms with Gasteiger partial charge in [0.2, 0.25) is 0 Å². The van der Waals surface area contributed by atoms with Gasteiger partial charge in [-0.25, -0.2) is 4.98 Å². The second-order valence-corrected chi connectivity index (χ2v) is 5.03. The first-order valence-corrected chi connectivity index (χ1v) is 7.27. The second-order valence-electron chi connectivity index (χ2n) is 5.03. The van der Waals surface area contributed by atoms with Crippen molar-refractivity contribution in [3.8, 4) is 0 Å². The van der Waals surface area contributed by atoms with E-state index in [-0.39, 0.29) is 11.3 Å². The Hall–Kier alpha value is -3.00. The van der Waals surface area contributed by atoms with E-state index < -0.39 is 10.8 Å². The van der Waals surface area contributed by atoms with Gasteiger partial charge in [0.05, 0.1) is 11.5 Å². The molecule has 1 aromatic carbocycles. The third-order valence-corrected chi connectivity index (χ3v) is 3.32. The van der Waals surface area contributed by atoms with Crippen molar-refractivity contribution in [2.24, 2.45) is 0 Å². The minimum absolute atomic E-state index is 0.170. The summed E-state index contributed by atoms with van der Waals surface area (Å²) in [5.41, 5.74) is 1.15. The lowest BCUT2D eigenvalue weighted by Gasteiger charge is -2.09. The Morgan fingerprint density at radius 2 is 2.17 bits per heavy atom. The molecule has 0 saturated heterocycles. The number of anilines is 2. The van der Waals surface area contributed by atoms with Gasteiger partial charge in [0.1, 0.15) is 11.5 Å². The van der Waals surface area contributed by atoms with Crippen LogP contribution in [-0.2, 0) is 4.74 Å². The van der Waals surface area contributed by atoms with Crippen molar-refractivity contribution < 1.29 is 14.5 Å². The number of methoxy groups -OCH3 is 1. The third kappa shape index (κ3) is 4.26. The lowest BCUT2D eigenvalue weighted by atomic mass is 10.1. The number of rotatable bonds is 7. The van der Waals surface area contributed by atoms with E-state index >= 15 is 0 Å². The van der Waals surface area contributed by atoms with Crippen LogP contribution < -0.4 is 10.6 Å². The number of benzene rings is 1. The van der Waals surface area contributed by atoms with Crippen molar-refractivity contribution in [1.82, 2.24) is 4.98 Å². The van der Waals surface area contributed by atoms with Gasteiger partial charge in [0, 0.05) is 31.5 Å². The molecule has 0 radical (unpaired) electrons. The number of hydrogen-bond donors (Lipinski definition) is 2. The first-order valence-electron chi connectivity index (χ1n) is 7.27. The lowest BCUT2D eigenvalue weighted by molar-refractivity contribution is -0.384.